The first-order chi connectivity index (χ1) is 15.0. The summed E-state index contributed by atoms with van der Waals surface area (Å²) in [4.78, 5) is 17.9. The molecule has 0 aliphatic carbocycles. The molecule has 0 saturated carbocycles. The van der Waals surface area contributed by atoms with Crippen molar-refractivity contribution < 1.29 is 9.90 Å². The van der Waals surface area contributed by atoms with Gasteiger partial charge < -0.3 is 15.7 Å². The van der Waals surface area contributed by atoms with E-state index in [9.17, 15) is 4.79 Å². The van der Waals surface area contributed by atoms with Crippen LogP contribution in [0.15, 0.2) is 59.8 Å². The van der Waals surface area contributed by atoms with E-state index in [0.29, 0.717) is 57.2 Å². The van der Waals surface area contributed by atoms with E-state index in [4.69, 9.17) is 28.3 Å². The van der Waals surface area contributed by atoms with Crippen LogP contribution >= 0.6 is 23.2 Å². The molecule has 0 fully saturated rings. The van der Waals surface area contributed by atoms with Gasteiger partial charge in [0.2, 0.25) is 5.95 Å². The number of anilines is 2. The number of nitrogens with zero attached hydrogens (tertiary/aromatic N) is 3. The average Bonchev–Trinajstić information content (AvgIpc) is 3.16. The van der Waals surface area contributed by atoms with Gasteiger partial charge in [-0.05, 0) is 31.5 Å². The molecule has 0 bridgehead atoms. The van der Waals surface area contributed by atoms with Crippen LogP contribution in [0, 0.1) is 0 Å². The van der Waals surface area contributed by atoms with Crippen molar-refractivity contribution in [2.45, 2.75) is 25.8 Å². The molecule has 7 nitrogen and oxygen atoms in total. The van der Waals surface area contributed by atoms with Crippen LogP contribution in [0.4, 0.5) is 11.6 Å². The Hall–Kier alpha value is -2.87. The van der Waals surface area contributed by atoms with Crippen LogP contribution in [0.25, 0.3) is 0 Å². The highest BCUT2D eigenvalue weighted by Crippen LogP contribution is 2.40. The number of fused-ring (bicyclic) bond motifs is 1. The summed E-state index contributed by atoms with van der Waals surface area (Å²) in [6.45, 7) is 1.86. The van der Waals surface area contributed by atoms with Crippen molar-refractivity contribution in [2.24, 2.45) is 0 Å². The molecule has 1 atom stereocenters. The Labute approximate surface area is 189 Å². The van der Waals surface area contributed by atoms with Gasteiger partial charge in [-0.15, -0.1) is 0 Å². The monoisotopic (exact) mass is 457 g/mol. The first-order valence-corrected chi connectivity index (χ1v) is 10.6. The second-order valence-corrected chi connectivity index (χ2v) is 7.94. The fraction of sp³-hybridized carbons (Fsp3) is 0.227. The Kier molecular flexibility index (Phi) is 6.27. The van der Waals surface area contributed by atoms with E-state index in [2.05, 4.69) is 20.7 Å². The number of carbonyl (C=O) groups is 1. The van der Waals surface area contributed by atoms with Crippen LogP contribution in [-0.2, 0) is 11.2 Å². The number of rotatable bonds is 6. The van der Waals surface area contributed by atoms with Crippen LogP contribution in [0.5, 0.6) is 0 Å². The topological polar surface area (TPSA) is 92.1 Å². The van der Waals surface area contributed by atoms with Gasteiger partial charge in [-0.2, -0.15) is 10.1 Å². The third-order valence-electron chi connectivity index (χ3n) is 5.01. The fourth-order valence-corrected chi connectivity index (χ4v) is 3.98. The Morgan fingerprint density at radius 3 is 2.71 bits per heavy atom. The summed E-state index contributed by atoms with van der Waals surface area (Å²) in [5, 5.41) is 20.6. The van der Waals surface area contributed by atoms with Crippen molar-refractivity contribution in [3.8, 4) is 0 Å². The largest absolute Gasteiger partial charge is 0.396 e. The number of para-hydroxylation sites is 1. The standard InChI is InChI=1S/C22H21Cl2N5O2/c1-13-18(21(31)26-14-7-3-2-4-8-14)20(15-9-5-10-16(23)19(15)24)29-22(25-13)27-17(28-29)11-6-12-30/h2-5,7-10,20,30H,6,11-12H2,1H3,(H,26,31)(H,25,27,28). The van der Waals surface area contributed by atoms with E-state index in [1.807, 2.05) is 43.3 Å². The first kappa shape index (κ1) is 21.4. The zero-order chi connectivity index (χ0) is 22.0. The lowest BCUT2D eigenvalue weighted by Crippen LogP contribution is -2.31. The summed E-state index contributed by atoms with van der Waals surface area (Å²) in [6, 6.07) is 13.9. The molecule has 2 heterocycles. The number of aryl methyl sites for hydroxylation is 1. The van der Waals surface area contributed by atoms with Gasteiger partial charge in [0.05, 0.1) is 15.6 Å². The van der Waals surface area contributed by atoms with Gasteiger partial charge in [0.15, 0.2) is 5.82 Å². The van der Waals surface area contributed by atoms with Gasteiger partial charge >= 0.3 is 0 Å². The molecule has 1 aliphatic heterocycles. The Morgan fingerprint density at radius 1 is 1.19 bits per heavy atom. The maximum atomic E-state index is 13.4. The predicted octanol–water partition coefficient (Wildman–Crippen LogP) is 4.44. The number of amides is 1. The number of aliphatic hydroxyl groups excluding tert-OH is 1. The number of carbonyl (C=O) groups excluding carboxylic acids is 1. The molecule has 9 heteroatoms. The lowest BCUT2D eigenvalue weighted by atomic mass is 9.95. The summed E-state index contributed by atoms with van der Waals surface area (Å²) >= 11 is 12.9. The Morgan fingerprint density at radius 2 is 1.97 bits per heavy atom. The molecule has 1 aromatic heterocycles. The van der Waals surface area contributed by atoms with Crippen molar-refractivity contribution >= 4 is 40.7 Å². The molecule has 160 valence electrons. The molecule has 0 spiro atoms. The van der Waals surface area contributed by atoms with Crippen molar-refractivity contribution in [1.82, 2.24) is 14.8 Å². The number of aromatic nitrogens is 3. The molecule has 0 saturated heterocycles. The first-order valence-electron chi connectivity index (χ1n) is 9.84. The summed E-state index contributed by atoms with van der Waals surface area (Å²) in [7, 11) is 0. The molecular weight excluding hydrogens is 437 g/mol. The lowest BCUT2D eigenvalue weighted by Gasteiger charge is -2.29. The minimum absolute atomic E-state index is 0.0445. The molecule has 2 aromatic carbocycles. The number of halogens is 2. The third-order valence-corrected chi connectivity index (χ3v) is 5.84. The number of benzene rings is 2. The van der Waals surface area contributed by atoms with Crippen LogP contribution in [0.2, 0.25) is 10.0 Å². The molecule has 3 N–H and O–H groups in total. The van der Waals surface area contributed by atoms with Gasteiger partial charge in [0.25, 0.3) is 5.91 Å². The van der Waals surface area contributed by atoms with Gasteiger partial charge in [-0.3, -0.25) is 4.79 Å². The highest BCUT2D eigenvalue weighted by molar-refractivity contribution is 6.42. The quantitative estimate of drug-likeness (QED) is 0.508. The smallest absolute Gasteiger partial charge is 0.255 e. The van der Waals surface area contributed by atoms with E-state index in [-0.39, 0.29) is 12.5 Å². The van der Waals surface area contributed by atoms with Gasteiger partial charge in [-0.25, -0.2) is 4.68 Å². The lowest BCUT2D eigenvalue weighted by molar-refractivity contribution is -0.113. The van der Waals surface area contributed by atoms with Crippen molar-refractivity contribution in [3.05, 3.63) is 81.2 Å². The highest BCUT2D eigenvalue weighted by atomic mass is 35.5. The molecule has 3 aromatic rings. The summed E-state index contributed by atoms with van der Waals surface area (Å²) in [5.74, 6) is 0.787. The maximum Gasteiger partial charge on any atom is 0.255 e. The minimum Gasteiger partial charge on any atom is -0.396 e. The molecular formula is C22H21Cl2N5O2. The van der Waals surface area contributed by atoms with Gasteiger partial charge in [-0.1, -0.05) is 53.5 Å². The summed E-state index contributed by atoms with van der Waals surface area (Å²) in [6.07, 6.45) is 1.05. The molecule has 4 rings (SSSR count). The number of allylic oxidation sites excluding steroid dienone is 1. The van der Waals surface area contributed by atoms with Crippen molar-refractivity contribution in [2.75, 3.05) is 17.2 Å². The summed E-state index contributed by atoms with van der Waals surface area (Å²) < 4.78 is 1.65. The third kappa shape index (κ3) is 4.30. The molecule has 0 radical (unpaired) electrons. The number of nitrogens with one attached hydrogen (secondary N) is 2. The van der Waals surface area contributed by atoms with Crippen LogP contribution in [-0.4, -0.2) is 32.4 Å². The van der Waals surface area contributed by atoms with Crippen molar-refractivity contribution in [1.29, 1.82) is 0 Å². The van der Waals surface area contributed by atoms with Crippen LogP contribution < -0.4 is 10.6 Å². The van der Waals surface area contributed by atoms with E-state index < -0.39 is 6.04 Å². The Bertz CT molecular complexity index is 1140. The molecule has 31 heavy (non-hydrogen) atoms. The SMILES string of the molecule is CC1=C(C(=O)Nc2ccccc2)C(c2cccc(Cl)c2Cl)n2nc(CCCO)nc2N1. The summed E-state index contributed by atoms with van der Waals surface area (Å²) in [5.41, 5.74) is 2.42. The van der Waals surface area contributed by atoms with E-state index in [1.165, 1.54) is 0 Å². The van der Waals surface area contributed by atoms with E-state index in [1.54, 1.807) is 16.8 Å². The normalized spacial score (nSPS) is 15.4. The second kappa shape index (κ2) is 9.09. The molecule has 1 unspecified atom stereocenters. The number of aliphatic hydroxyl groups is 1. The van der Waals surface area contributed by atoms with Gasteiger partial charge in [0.1, 0.15) is 6.04 Å². The van der Waals surface area contributed by atoms with E-state index >= 15 is 0 Å². The van der Waals surface area contributed by atoms with Gasteiger partial charge in [0, 0.05) is 30.0 Å². The van der Waals surface area contributed by atoms with E-state index in [0.717, 1.165) is 0 Å². The maximum absolute atomic E-state index is 13.4. The predicted molar refractivity (Wildman–Crippen MR) is 121 cm³/mol. The minimum atomic E-state index is -0.624. The number of hydrogen-bond donors (Lipinski definition) is 3. The fourth-order valence-electron chi connectivity index (χ4n) is 3.57. The zero-order valence-electron chi connectivity index (χ0n) is 16.8. The van der Waals surface area contributed by atoms with Crippen LogP contribution in [0.1, 0.15) is 30.8 Å². The molecule has 1 aliphatic rings. The second-order valence-electron chi connectivity index (χ2n) is 7.15. The zero-order valence-corrected chi connectivity index (χ0v) is 18.3. The van der Waals surface area contributed by atoms with Crippen LogP contribution in [0.3, 0.4) is 0 Å². The highest BCUT2D eigenvalue weighted by Gasteiger charge is 2.35. The van der Waals surface area contributed by atoms with Crippen molar-refractivity contribution in [3.63, 3.8) is 0 Å². The number of hydrogen-bond acceptors (Lipinski definition) is 5. The average molecular weight is 458 g/mol. The molecule has 1 amide bonds. The Balaban J connectivity index is 1.81.